The maximum atomic E-state index is 12.0. The van der Waals surface area contributed by atoms with Gasteiger partial charge in [0.05, 0.1) is 6.61 Å². The number of nitrogens with one attached hydrogen (secondary N) is 1. The van der Waals surface area contributed by atoms with E-state index in [0.29, 0.717) is 31.0 Å². The maximum Gasteiger partial charge on any atom is 0.225 e. The highest BCUT2D eigenvalue weighted by Gasteiger charge is 2.08. The van der Waals surface area contributed by atoms with Crippen molar-refractivity contribution < 1.29 is 9.53 Å². The van der Waals surface area contributed by atoms with Crippen molar-refractivity contribution in [1.29, 1.82) is 0 Å². The van der Waals surface area contributed by atoms with Gasteiger partial charge in [0.15, 0.2) is 11.6 Å². The average molecular weight is 284 g/mol. The lowest BCUT2D eigenvalue weighted by Crippen LogP contribution is -2.14. The van der Waals surface area contributed by atoms with E-state index in [1.807, 2.05) is 13.8 Å². The highest BCUT2D eigenvalue weighted by molar-refractivity contribution is 5.91. The third-order valence-electron chi connectivity index (χ3n) is 3.09. The van der Waals surface area contributed by atoms with Crippen molar-refractivity contribution in [2.45, 2.75) is 26.7 Å². The molecule has 0 aliphatic heterocycles. The number of hydrogen-bond acceptors (Lipinski definition) is 3. The normalized spacial score (nSPS) is 10.2. The SMILES string of the molecule is CCOc1cccnc1NC(=O)CCc1ccc(C)cc1. The third kappa shape index (κ3) is 4.60. The lowest BCUT2D eigenvalue weighted by molar-refractivity contribution is -0.116. The summed E-state index contributed by atoms with van der Waals surface area (Å²) in [4.78, 5) is 16.1. The number of nitrogens with zero attached hydrogens (tertiary/aromatic N) is 1. The summed E-state index contributed by atoms with van der Waals surface area (Å²) >= 11 is 0. The number of hydrogen-bond donors (Lipinski definition) is 1. The standard InChI is InChI=1S/C17H20N2O2/c1-3-21-15-5-4-12-18-17(15)19-16(20)11-10-14-8-6-13(2)7-9-14/h4-9,12H,3,10-11H2,1-2H3,(H,18,19,20). The summed E-state index contributed by atoms with van der Waals surface area (Å²) in [7, 11) is 0. The molecule has 0 radical (unpaired) electrons. The molecule has 2 rings (SSSR count). The molecule has 1 N–H and O–H groups in total. The fourth-order valence-electron chi connectivity index (χ4n) is 1.96. The molecule has 1 amide bonds. The minimum Gasteiger partial charge on any atom is -0.490 e. The molecule has 4 heteroatoms. The number of aromatic nitrogens is 1. The second kappa shape index (κ2) is 7.43. The van der Waals surface area contributed by atoms with Crippen molar-refractivity contribution in [3.05, 3.63) is 53.7 Å². The fraction of sp³-hybridized carbons (Fsp3) is 0.294. The van der Waals surface area contributed by atoms with Crippen LogP contribution in [0.2, 0.25) is 0 Å². The van der Waals surface area contributed by atoms with Crippen LogP contribution in [0.5, 0.6) is 5.75 Å². The molecule has 0 aliphatic rings. The van der Waals surface area contributed by atoms with Gasteiger partial charge in [-0.3, -0.25) is 4.79 Å². The van der Waals surface area contributed by atoms with Crippen LogP contribution in [0.4, 0.5) is 5.82 Å². The van der Waals surface area contributed by atoms with E-state index in [0.717, 1.165) is 5.56 Å². The quantitative estimate of drug-likeness (QED) is 0.885. The van der Waals surface area contributed by atoms with Crippen molar-refractivity contribution in [2.75, 3.05) is 11.9 Å². The van der Waals surface area contributed by atoms with Gasteiger partial charge in [-0.25, -0.2) is 4.98 Å². The molecular formula is C17H20N2O2. The summed E-state index contributed by atoms with van der Waals surface area (Å²) in [6, 6.07) is 11.8. The van der Waals surface area contributed by atoms with Gasteiger partial charge >= 0.3 is 0 Å². The molecule has 0 bridgehead atoms. The topological polar surface area (TPSA) is 51.2 Å². The first-order valence-electron chi connectivity index (χ1n) is 7.12. The van der Waals surface area contributed by atoms with Gasteiger partial charge < -0.3 is 10.1 Å². The van der Waals surface area contributed by atoms with E-state index in [9.17, 15) is 4.79 Å². The second-order valence-electron chi connectivity index (χ2n) is 4.82. The van der Waals surface area contributed by atoms with Gasteiger partial charge in [-0.05, 0) is 38.0 Å². The number of carbonyl (C=O) groups is 1. The largest absolute Gasteiger partial charge is 0.490 e. The Kier molecular flexibility index (Phi) is 5.32. The first kappa shape index (κ1) is 15.0. The summed E-state index contributed by atoms with van der Waals surface area (Å²) in [6.45, 7) is 4.49. The second-order valence-corrected chi connectivity index (χ2v) is 4.82. The molecule has 0 spiro atoms. The Bertz CT molecular complexity index is 594. The molecule has 1 aromatic carbocycles. The molecule has 0 unspecified atom stereocenters. The van der Waals surface area contributed by atoms with Crippen molar-refractivity contribution >= 4 is 11.7 Å². The zero-order chi connectivity index (χ0) is 15.1. The molecule has 1 aromatic heterocycles. The average Bonchev–Trinajstić information content (AvgIpc) is 2.49. The summed E-state index contributed by atoms with van der Waals surface area (Å²) in [5.41, 5.74) is 2.37. The van der Waals surface area contributed by atoms with E-state index in [1.165, 1.54) is 5.56 Å². The molecular weight excluding hydrogens is 264 g/mol. The van der Waals surface area contributed by atoms with Crippen LogP contribution in [0, 0.1) is 6.92 Å². The van der Waals surface area contributed by atoms with E-state index in [2.05, 4.69) is 34.6 Å². The van der Waals surface area contributed by atoms with Gasteiger partial charge in [-0.15, -0.1) is 0 Å². The van der Waals surface area contributed by atoms with Crippen LogP contribution in [-0.2, 0) is 11.2 Å². The van der Waals surface area contributed by atoms with Crippen LogP contribution in [0.25, 0.3) is 0 Å². The lowest BCUT2D eigenvalue weighted by atomic mass is 10.1. The van der Waals surface area contributed by atoms with Crippen molar-refractivity contribution in [2.24, 2.45) is 0 Å². The molecule has 0 aliphatic carbocycles. The predicted octanol–water partition coefficient (Wildman–Crippen LogP) is 3.36. The zero-order valence-corrected chi connectivity index (χ0v) is 12.4. The van der Waals surface area contributed by atoms with Crippen LogP contribution < -0.4 is 10.1 Å². The Morgan fingerprint density at radius 1 is 1.24 bits per heavy atom. The number of amides is 1. The molecule has 0 fully saturated rings. The van der Waals surface area contributed by atoms with Gasteiger partial charge in [-0.2, -0.15) is 0 Å². The molecule has 0 atom stereocenters. The Hall–Kier alpha value is -2.36. The lowest BCUT2D eigenvalue weighted by Gasteiger charge is -2.10. The minimum atomic E-state index is -0.0600. The first-order chi connectivity index (χ1) is 10.2. The highest BCUT2D eigenvalue weighted by atomic mass is 16.5. The van der Waals surface area contributed by atoms with Crippen molar-refractivity contribution in [3.63, 3.8) is 0 Å². The van der Waals surface area contributed by atoms with Gasteiger partial charge in [0.25, 0.3) is 0 Å². The number of benzene rings is 1. The van der Waals surface area contributed by atoms with E-state index in [-0.39, 0.29) is 5.91 Å². The summed E-state index contributed by atoms with van der Waals surface area (Å²) in [5, 5.41) is 2.80. The number of ether oxygens (including phenoxy) is 1. The van der Waals surface area contributed by atoms with E-state index < -0.39 is 0 Å². The van der Waals surface area contributed by atoms with Crippen LogP contribution in [-0.4, -0.2) is 17.5 Å². The number of pyridine rings is 1. The molecule has 0 saturated carbocycles. The first-order valence-corrected chi connectivity index (χ1v) is 7.12. The predicted molar refractivity (Wildman–Crippen MR) is 83.5 cm³/mol. The van der Waals surface area contributed by atoms with Gasteiger partial charge in [0, 0.05) is 12.6 Å². The monoisotopic (exact) mass is 284 g/mol. The smallest absolute Gasteiger partial charge is 0.225 e. The molecule has 0 saturated heterocycles. The third-order valence-corrected chi connectivity index (χ3v) is 3.09. The Morgan fingerprint density at radius 3 is 2.71 bits per heavy atom. The Morgan fingerprint density at radius 2 is 2.00 bits per heavy atom. The molecule has 4 nitrogen and oxygen atoms in total. The molecule has 2 aromatic rings. The maximum absolute atomic E-state index is 12.0. The highest BCUT2D eigenvalue weighted by Crippen LogP contribution is 2.21. The fourth-order valence-corrected chi connectivity index (χ4v) is 1.96. The van der Waals surface area contributed by atoms with Gasteiger partial charge in [0.1, 0.15) is 0 Å². The minimum absolute atomic E-state index is 0.0600. The molecule has 21 heavy (non-hydrogen) atoms. The van der Waals surface area contributed by atoms with Crippen molar-refractivity contribution in [1.82, 2.24) is 4.98 Å². The number of anilines is 1. The number of carbonyl (C=O) groups excluding carboxylic acids is 1. The molecule has 1 heterocycles. The summed E-state index contributed by atoms with van der Waals surface area (Å²) < 4.78 is 5.44. The Labute approximate surface area is 125 Å². The zero-order valence-electron chi connectivity index (χ0n) is 12.4. The van der Waals surface area contributed by atoms with E-state index in [1.54, 1.807) is 18.3 Å². The van der Waals surface area contributed by atoms with Gasteiger partial charge in [-0.1, -0.05) is 29.8 Å². The van der Waals surface area contributed by atoms with Crippen LogP contribution in [0.3, 0.4) is 0 Å². The van der Waals surface area contributed by atoms with Crippen LogP contribution >= 0.6 is 0 Å². The van der Waals surface area contributed by atoms with E-state index >= 15 is 0 Å². The number of rotatable bonds is 6. The van der Waals surface area contributed by atoms with Crippen LogP contribution in [0.15, 0.2) is 42.6 Å². The van der Waals surface area contributed by atoms with Crippen LogP contribution in [0.1, 0.15) is 24.5 Å². The number of aryl methyl sites for hydroxylation is 2. The summed E-state index contributed by atoms with van der Waals surface area (Å²) in [6.07, 6.45) is 2.77. The molecule has 110 valence electrons. The summed E-state index contributed by atoms with van der Waals surface area (Å²) in [5.74, 6) is 1.02. The van der Waals surface area contributed by atoms with E-state index in [4.69, 9.17) is 4.74 Å². The Balaban J connectivity index is 1.91. The van der Waals surface area contributed by atoms with Gasteiger partial charge in [0.2, 0.25) is 5.91 Å². The van der Waals surface area contributed by atoms with Crippen molar-refractivity contribution in [3.8, 4) is 5.75 Å².